The van der Waals surface area contributed by atoms with Gasteiger partial charge in [-0.05, 0) is 48.5 Å². The summed E-state index contributed by atoms with van der Waals surface area (Å²) in [6, 6.07) is 8.30. The van der Waals surface area contributed by atoms with Crippen LogP contribution in [0.1, 0.15) is 52.5 Å². The zero-order chi connectivity index (χ0) is 21.9. The molecule has 1 aromatic rings. The van der Waals surface area contributed by atoms with Crippen LogP contribution in [0.2, 0.25) is 0 Å². The van der Waals surface area contributed by atoms with E-state index < -0.39 is 22.0 Å². The van der Waals surface area contributed by atoms with Gasteiger partial charge in [0.15, 0.2) is 0 Å². The molecule has 3 aliphatic rings. The molecule has 1 saturated heterocycles. The quantitative estimate of drug-likeness (QED) is 0.695. The SMILES string of the molecule is CC(C)CN(O)[C@H](Cc1ccccc1)C(=O)N1[C@H]2C[C@@H]3CC[C@@]2(CS1(=O)=O)C3(C)C. The Hall–Kier alpha value is -1.44. The monoisotopic (exact) mass is 434 g/mol. The third kappa shape index (κ3) is 3.21. The maximum absolute atomic E-state index is 13.8. The number of benzene rings is 1. The van der Waals surface area contributed by atoms with Gasteiger partial charge >= 0.3 is 0 Å². The van der Waals surface area contributed by atoms with Crippen LogP contribution in [0.4, 0.5) is 0 Å². The standard InChI is InChI=1S/C23H34N2O4S/c1-16(2)14-24(27)19(12-17-8-6-5-7-9-17)21(26)25-20-13-18-10-11-23(20,22(18,3)4)15-30(25,28)29/h5-9,16,18-20,27H,10-15H2,1-4H3/t18-,19+,20-,23-/m0/s1. The van der Waals surface area contributed by atoms with Crippen molar-refractivity contribution in [3.05, 3.63) is 35.9 Å². The van der Waals surface area contributed by atoms with Crippen molar-refractivity contribution in [3.8, 4) is 0 Å². The van der Waals surface area contributed by atoms with Crippen molar-refractivity contribution >= 4 is 15.9 Å². The summed E-state index contributed by atoms with van der Waals surface area (Å²) in [6.45, 7) is 8.58. The van der Waals surface area contributed by atoms with E-state index in [1.54, 1.807) is 0 Å². The van der Waals surface area contributed by atoms with Crippen LogP contribution in [0.15, 0.2) is 30.3 Å². The van der Waals surface area contributed by atoms with E-state index in [-0.39, 0.29) is 35.0 Å². The average molecular weight is 435 g/mol. The largest absolute Gasteiger partial charge is 0.313 e. The van der Waals surface area contributed by atoms with Crippen molar-refractivity contribution in [2.24, 2.45) is 22.7 Å². The van der Waals surface area contributed by atoms with Gasteiger partial charge in [0.1, 0.15) is 6.04 Å². The number of hydroxylamine groups is 2. The van der Waals surface area contributed by atoms with E-state index in [1.165, 1.54) is 4.31 Å². The number of amides is 1. The molecule has 1 aliphatic heterocycles. The van der Waals surface area contributed by atoms with E-state index in [9.17, 15) is 18.4 Å². The van der Waals surface area contributed by atoms with Crippen molar-refractivity contribution in [1.82, 2.24) is 9.37 Å². The molecule has 166 valence electrons. The fourth-order valence-electron chi connectivity index (χ4n) is 6.38. The Bertz CT molecular complexity index is 914. The van der Waals surface area contributed by atoms with Crippen LogP contribution in [-0.2, 0) is 21.2 Å². The summed E-state index contributed by atoms with van der Waals surface area (Å²) < 4.78 is 27.8. The number of fused-ring (bicyclic) bond motifs is 1. The first-order valence-electron chi connectivity index (χ1n) is 11.0. The predicted molar refractivity (Wildman–Crippen MR) is 115 cm³/mol. The van der Waals surface area contributed by atoms with Gasteiger partial charge in [0, 0.05) is 12.0 Å². The summed E-state index contributed by atoms with van der Waals surface area (Å²) in [4.78, 5) is 13.8. The zero-order valence-electron chi connectivity index (χ0n) is 18.4. The van der Waals surface area contributed by atoms with Crippen LogP contribution in [0.3, 0.4) is 0 Å². The molecule has 2 bridgehead atoms. The second-order valence-corrected chi connectivity index (χ2v) is 12.3. The molecule has 0 unspecified atom stereocenters. The van der Waals surface area contributed by atoms with Gasteiger partial charge in [-0.2, -0.15) is 5.06 Å². The van der Waals surface area contributed by atoms with Gasteiger partial charge in [0.05, 0.1) is 11.8 Å². The summed E-state index contributed by atoms with van der Waals surface area (Å²) in [5, 5.41) is 11.9. The number of rotatable bonds is 6. The number of sulfonamides is 1. The van der Waals surface area contributed by atoms with E-state index in [0.29, 0.717) is 12.5 Å². The second-order valence-electron chi connectivity index (χ2n) is 10.5. The van der Waals surface area contributed by atoms with Gasteiger partial charge in [-0.3, -0.25) is 4.79 Å². The molecule has 1 heterocycles. The number of hydrogen-bond acceptors (Lipinski definition) is 5. The highest BCUT2D eigenvalue weighted by Crippen LogP contribution is 2.70. The Morgan fingerprint density at radius 2 is 1.93 bits per heavy atom. The van der Waals surface area contributed by atoms with Crippen LogP contribution in [0.25, 0.3) is 0 Å². The Labute approximate surface area is 180 Å². The van der Waals surface area contributed by atoms with Crippen LogP contribution in [0, 0.1) is 22.7 Å². The molecule has 7 heteroatoms. The van der Waals surface area contributed by atoms with Gasteiger partial charge in [-0.15, -0.1) is 0 Å². The molecular formula is C23H34N2O4S. The topological polar surface area (TPSA) is 77.9 Å². The van der Waals surface area contributed by atoms with Gasteiger partial charge < -0.3 is 5.21 Å². The number of nitrogens with zero attached hydrogens (tertiary/aromatic N) is 2. The molecule has 2 aliphatic carbocycles. The Morgan fingerprint density at radius 3 is 2.53 bits per heavy atom. The van der Waals surface area contributed by atoms with Crippen molar-refractivity contribution < 1.29 is 18.4 Å². The van der Waals surface area contributed by atoms with Crippen molar-refractivity contribution in [1.29, 1.82) is 0 Å². The third-order valence-electron chi connectivity index (χ3n) is 8.10. The summed E-state index contributed by atoms with van der Waals surface area (Å²) in [7, 11) is -3.71. The lowest BCUT2D eigenvalue weighted by molar-refractivity contribution is -0.164. The minimum atomic E-state index is -3.71. The highest BCUT2D eigenvalue weighted by Gasteiger charge is 2.72. The fraction of sp³-hybridized carbons (Fsp3) is 0.696. The number of carbonyl (C=O) groups is 1. The Morgan fingerprint density at radius 1 is 1.27 bits per heavy atom. The lowest BCUT2D eigenvalue weighted by Gasteiger charge is -2.38. The molecule has 0 radical (unpaired) electrons. The first-order chi connectivity index (χ1) is 14.0. The van der Waals surface area contributed by atoms with E-state index in [4.69, 9.17) is 0 Å². The van der Waals surface area contributed by atoms with Crippen LogP contribution in [-0.4, -0.2) is 53.3 Å². The Balaban J connectivity index is 1.68. The van der Waals surface area contributed by atoms with E-state index in [2.05, 4.69) is 13.8 Å². The molecular weight excluding hydrogens is 400 g/mol. The fourth-order valence-corrected chi connectivity index (χ4v) is 8.96. The summed E-state index contributed by atoms with van der Waals surface area (Å²) in [5.41, 5.74) is 0.450. The van der Waals surface area contributed by atoms with Crippen LogP contribution >= 0.6 is 0 Å². The highest BCUT2D eigenvalue weighted by atomic mass is 32.2. The van der Waals surface area contributed by atoms with Gasteiger partial charge in [0.25, 0.3) is 5.91 Å². The van der Waals surface area contributed by atoms with Gasteiger partial charge in [-0.25, -0.2) is 12.7 Å². The summed E-state index contributed by atoms with van der Waals surface area (Å²) in [5.74, 6) is 0.158. The maximum Gasteiger partial charge on any atom is 0.256 e. The molecule has 1 spiro atoms. The maximum atomic E-state index is 13.8. The smallest absolute Gasteiger partial charge is 0.256 e. The number of carbonyl (C=O) groups excluding carboxylic acids is 1. The lowest BCUT2D eigenvalue weighted by Crippen LogP contribution is -2.53. The molecule has 3 fully saturated rings. The minimum absolute atomic E-state index is 0.0492. The van der Waals surface area contributed by atoms with Crippen LogP contribution < -0.4 is 0 Å². The zero-order valence-corrected chi connectivity index (χ0v) is 19.2. The Kier molecular flexibility index (Phi) is 5.31. The van der Waals surface area contributed by atoms with Crippen molar-refractivity contribution in [2.45, 2.75) is 65.5 Å². The van der Waals surface area contributed by atoms with E-state index in [0.717, 1.165) is 29.9 Å². The summed E-state index contributed by atoms with van der Waals surface area (Å²) in [6.07, 6.45) is 2.91. The van der Waals surface area contributed by atoms with Gasteiger partial charge in [0.2, 0.25) is 10.0 Å². The minimum Gasteiger partial charge on any atom is -0.313 e. The average Bonchev–Trinajstić information content (AvgIpc) is 3.13. The molecule has 1 N–H and O–H groups in total. The molecule has 1 amide bonds. The van der Waals surface area contributed by atoms with Crippen molar-refractivity contribution in [3.63, 3.8) is 0 Å². The molecule has 4 atom stereocenters. The second kappa shape index (κ2) is 7.31. The molecule has 4 rings (SSSR count). The molecule has 2 saturated carbocycles. The summed E-state index contributed by atoms with van der Waals surface area (Å²) >= 11 is 0. The van der Waals surface area contributed by atoms with Gasteiger partial charge in [-0.1, -0.05) is 58.0 Å². The molecule has 30 heavy (non-hydrogen) atoms. The predicted octanol–water partition coefficient (Wildman–Crippen LogP) is 3.31. The first-order valence-corrected chi connectivity index (χ1v) is 12.7. The van der Waals surface area contributed by atoms with E-state index >= 15 is 0 Å². The normalized spacial score (nSPS) is 32.0. The highest BCUT2D eigenvalue weighted by molar-refractivity contribution is 7.90. The van der Waals surface area contributed by atoms with E-state index in [1.807, 2.05) is 44.2 Å². The third-order valence-corrected chi connectivity index (χ3v) is 10.0. The lowest BCUT2D eigenvalue weighted by atomic mass is 9.69. The first kappa shape index (κ1) is 21.8. The van der Waals surface area contributed by atoms with Crippen LogP contribution in [0.5, 0.6) is 0 Å². The molecule has 1 aromatic carbocycles. The molecule has 6 nitrogen and oxygen atoms in total. The molecule has 0 aromatic heterocycles. The number of hydrogen-bond donors (Lipinski definition) is 1. The van der Waals surface area contributed by atoms with Crippen molar-refractivity contribution in [2.75, 3.05) is 12.3 Å².